The van der Waals surface area contributed by atoms with Gasteiger partial charge in [0.05, 0.1) is 6.26 Å². The Morgan fingerprint density at radius 3 is 2.69 bits per heavy atom. The number of hydrogen-bond donors (Lipinski definition) is 1. The summed E-state index contributed by atoms with van der Waals surface area (Å²) in [5.41, 5.74) is 0.0889. The first kappa shape index (κ1) is 19.3. The summed E-state index contributed by atoms with van der Waals surface area (Å²) in [5, 5.41) is 11.3. The van der Waals surface area contributed by atoms with Gasteiger partial charge in [-0.2, -0.15) is 0 Å². The number of carbonyl (C=O) groups excluding carboxylic acids is 1. The highest BCUT2D eigenvalue weighted by Gasteiger charge is 2.21. The minimum Gasteiger partial charge on any atom is -0.459 e. The Bertz CT molecular complexity index is 967. The second-order valence-corrected chi connectivity index (χ2v) is 6.89. The number of nitrogens with zero attached hydrogens (tertiary/aromatic N) is 4. The molecular formula is C20H21F2N5O2. The zero-order valence-electron chi connectivity index (χ0n) is 15.8. The van der Waals surface area contributed by atoms with Crippen molar-refractivity contribution in [2.45, 2.75) is 25.9 Å². The zero-order valence-corrected chi connectivity index (χ0v) is 15.8. The van der Waals surface area contributed by atoms with Crippen LogP contribution in [-0.2, 0) is 25.9 Å². The second kappa shape index (κ2) is 8.52. The van der Waals surface area contributed by atoms with Gasteiger partial charge in [0.15, 0.2) is 5.76 Å². The van der Waals surface area contributed by atoms with E-state index in [0.29, 0.717) is 39.0 Å². The number of rotatable bonds is 6. The van der Waals surface area contributed by atoms with Crippen molar-refractivity contribution in [1.82, 2.24) is 25.0 Å². The standard InChI is InChI=1S/C20H21F2N5O2/c21-15-3-1-4-16(22)14(15)13-26-9-7-19-25-24-18(27(19)11-10-26)6-8-23-20(28)17-5-2-12-29-17/h1-5,12H,6-11,13H2,(H,23,28). The topological polar surface area (TPSA) is 76.2 Å². The fraction of sp³-hybridized carbons (Fsp3) is 0.350. The van der Waals surface area contributed by atoms with Crippen LogP contribution in [0.2, 0.25) is 0 Å². The minimum atomic E-state index is -0.526. The molecule has 0 aliphatic carbocycles. The number of amides is 1. The number of carbonyl (C=O) groups is 1. The van der Waals surface area contributed by atoms with Crippen LogP contribution in [-0.4, -0.2) is 45.2 Å². The summed E-state index contributed by atoms with van der Waals surface area (Å²) >= 11 is 0. The molecule has 0 saturated heterocycles. The molecule has 1 N–H and O–H groups in total. The molecule has 0 bridgehead atoms. The maximum Gasteiger partial charge on any atom is 0.286 e. The van der Waals surface area contributed by atoms with E-state index in [4.69, 9.17) is 4.42 Å². The maximum absolute atomic E-state index is 13.9. The van der Waals surface area contributed by atoms with Gasteiger partial charge < -0.3 is 14.3 Å². The molecule has 1 aliphatic heterocycles. The van der Waals surface area contributed by atoms with Crippen LogP contribution >= 0.6 is 0 Å². The van der Waals surface area contributed by atoms with E-state index < -0.39 is 11.6 Å². The summed E-state index contributed by atoms with van der Waals surface area (Å²) in [5.74, 6) is 0.556. The first-order valence-corrected chi connectivity index (χ1v) is 9.49. The molecule has 152 valence electrons. The van der Waals surface area contributed by atoms with Gasteiger partial charge in [-0.15, -0.1) is 10.2 Å². The Labute approximate surface area is 166 Å². The molecule has 0 unspecified atom stereocenters. The Morgan fingerprint density at radius 1 is 1.10 bits per heavy atom. The average Bonchev–Trinajstić information content (AvgIpc) is 3.33. The molecule has 0 saturated carbocycles. The molecule has 1 aromatic carbocycles. The predicted molar refractivity (Wildman–Crippen MR) is 100 cm³/mol. The summed E-state index contributed by atoms with van der Waals surface area (Å²) in [6.07, 6.45) is 2.62. The van der Waals surface area contributed by atoms with Crippen molar-refractivity contribution in [2.75, 3.05) is 19.6 Å². The lowest BCUT2D eigenvalue weighted by Crippen LogP contribution is -2.28. The summed E-state index contributed by atoms with van der Waals surface area (Å²) in [6.45, 7) is 2.51. The van der Waals surface area contributed by atoms with Gasteiger partial charge in [0.2, 0.25) is 0 Å². The highest BCUT2D eigenvalue weighted by Crippen LogP contribution is 2.17. The molecule has 0 fully saturated rings. The number of hydrogen-bond acceptors (Lipinski definition) is 5. The van der Waals surface area contributed by atoms with E-state index in [1.54, 1.807) is 12.1 Å². The van der Waals surface area contributed by atoms with Crippen LogP contribution in [0.25, 0.3) is 0 Å². The van der Waals surface area contributed by atoms with Crippen molar-refractivity contribution < 1.29 is 18.0 Å². The molecule has 3 aromatic rings. The maximum atomic E-state index is 13.9. The highest BCUT2D eigenvalue weighted by molar-refractivity contribution is 5.91. The monoisotopic (exact) mass is 401 g/mol. The predicted octanol–water partition coefficient (Wildman–Crippen LogP) is 2.18. The summed E-state index contributed by atoms with van der Waals surface area (Å²) in [6, 6.07) is 7.19. The lowest BCUT2D eigenvalue weighted by molar-refractivity contribution is 0.0926. The minimum absolute atomic E-state index is 0.0889. The van der Waals surface area contributed by atoms with Crippen LogP contribution in [0, 0.1) is 11.6 Å². The van der Waals surface area contributed by atoms with Gasteiger partial charge in [-0.25, -0.2) is 8.78 Å². The quantitative estimate of drug-likeness (QED) is 0.685. The summed E-state index contributed by atoms with van der Waals surface area (Å²) in [4.78, 5) is 13.9. The van der Waals surface area contributed by atoms with Crippen molar-refractivity contribution in [2.24, 2.45) is 0 Å². The van der Waals surface area contributed by atoms with Crippen molar-refractivity contribution in [3.8, 4) is 0 Å². The van der Waals surface area contributed by atoms with E-state index in [1.165, 1.54) is 24.5 Å². The third-order valence-electron chi connectivity index (χ3n) is 5.02. The molecular weight excluding hydrogens is 380 g/mol. The van der Waals surface area contributed by atoms with Gasteiger partial charge in [0.1, 0.15) is 23.3 Å². The molecule has 9 heteroatoms. The lowest BCUT2D eigenvalue weighted by atomic mass is 10.2. The van der Waals surface area contributed by atoms with Crippen LogP contribution in [0.3, 0.4) is 0 Å². The van der Waals surface area contributed by atoms with Crippen LogP contribution in [0.5, 0.6) is 0 Å². The van der Waals surface area contributed by atoms with Crippen molar-refractivity contribution in [1.29, 1.82) is 0 Å². The van der Waals surface area contributed by atoms with Crippen LogP contribution in [0.4, 0.5) is 8.78 Å². The van der Waals surface area contributed by atoms with E-state index in [0.717, 1.165) is 11.6 Å². The van der Waals surface area contributed by atoms with Crippen molar-refractivity contribution in [3.05, 3.63) is 71.2 Å². The van der Waals surface area contributed by atoms with E-state index in [-0.39, 0.29) is 23.8 Å². The van der Waals surface area contributed by atoms with Crippen LogP contribution in [0.1, 0.15) is 27.8 Å². The van der Waals surface area contributed by atoms with Crippen LogP contribution in [0.15, 0.2) is 41.0 Å². The smallest absolute Gasteiger partial charge is 0.286 e. The number of furan rings is 1. The Hall–Kier alpha value is -3.07. The van der Waals surface area contributed by atoms with E-state index in [9.17, 15) is 13.6 Å². The fourth-order valence-electron chi connectivity index (χ4n) is 3.46. The van der Waals surface area contributed by atoms with Gasteiger partial charge in [-0.05, 0) is 24.3 Å². The number of fused-ring (bicyclic) bond motifs is 1. The first-order chi connectivity index (χ1) is 14.1. The molecule has 0 atom stereocenters. The molecule has 7 nitrogen and oxygen atoms in total. The molecule has 0 spiro atoms. The summed E-state index contributed by atoms with van der Waals surface area (Å²) in [7, 11) is 0. The Balaban J connectivity index is 1.35. The van der Waals surface area contributed by atoms with Crippen molar-refractivity contribution in [3.63, 3.8) is 0 Å². The van der Waals surface area contributed by atoms with Gasteiger partial charge in [0, 0.05) is 51.1 Å². The number of benzene rings is 1. The molecule has 1 aliphatic rings. The molecule has 29 heavy (non-hydrogen) atoms. The van der Waals surface area contributed by atoms with Crippen LogP contribution < -0.4 is 5.32 Å². The SMILES string of the molecule is O=C(NCCc1nnc2n1CCN(Cc1c(F)cccc1F)CC2)c1ccco1. The third kappa shape index (κ3) is 4.34. The normalized spacial score (nSPS) is 14.4. The van der Waals surface area contributed by atoms with Crippen molar-refractivity contribution >= 4 is 5.91 Å². The third-order valence-corrected chi connectivity index (χ3v) is 5.02. The molecule has 3 heterocycles. The molecule has 1 amide bonds. The van der Waals surface area contributed by atoms with E-state index in [2.05, 4.69) is 15.5 Å². The number of nitrogens with one attached hydrogen (secondary N) is 1. The van der Waals surface area contributed by atoms with Gasteiger partial charge in [-0.3, -0.25) is 9.69 Å². The zero-order chi connectivity index (χ0) is 20.2. The van der Waals surface area contributed by atoms with Gasteiger partial charge in [0.25, 0.3) is 5.91 Å². The molecule has 0 radical (unpaired) electrons. The van der Waals surface area contributed by atoms with Gasteiger partial charge >= 0.3 is 0 Å². The lowest BCUT2D eigenvalue weighted by Gasteiger charge is -2.20. The Morgan fingerprint density at radius 2 is 1.93 bits per heavy atom. The highest BCUT2D eigenvalue weighted by atomic mass is 19.1. The average molecular weight is 401 g/mol. The second-order valence-electron chi connectivity index (χ2n) is 6.89. The number of halogens is 2. The number of aromatic nitrogens is 3. The van der Waals surface area contributed by atoms with E-state index in [1.807, 2.05) is 9.47 Å². The fourth-order valence-corrected chi connectivity index (χ4v) is 3.46. The van der Waals surface area contributed by atoms with Gasteiger partial charge in [-0.1, -0.05) is 6.07 Å². The first-order valence-electron chi connectivity index (χ1n) is 9.49. The molecule has 2 aromatic heterocycles. The van der Waals surface area contributed by atoms with E-state index >= 15 is 0 Å². The Kier molecular flexibility index (Phi) is 5.66. The molecule has 4 rings (SSSR count). The largest absolute Gasteiger partial charge is 0.459 e. The summed E-state index contributed by atoms with van der Waals surface area (Å²) < 4.78 is 35.0.